The summed E-state index contributed by atoms with van der Waals surface area (Å²) >= 11 is 0. The van der Waals surface area contributed by atoms with Crippen LogP contribution in [0.1, 0.15) is 17.4 Å². The fraction of sp³-hybridized carbons (Fsp3) is 0.231. The van der Waals surface area contributed by atoms with Crippen LogP contribution in [0.25, 0.3) is 0 Å². The van der Waals surface area contributed by atoms with Crippen molar-refractivity contribution in [2.75, 3.05) is 6.54 Å². The Morgan fingerprint density at radius 2 is 2.17 bits per heavy atom. The molecule has 0 saturated carbocycles. The molecule has 0 radical (unpaired) electrons. The van der Waals surface area contributed by atoms with Crippen molar-refractivity contribution in [1.29, 1.82) is 0 Å². The SMILES string of the molecule is NC[C@H](C(=O)OCc1ccccc1)c1ncco1. The van der Waals surface area contributed by atoms with Gasteiger partial charge >= 0.3 is 5.97 Å². The Labute approximate surface area is 105 Å². The Bertz CT molecular complexity index is 482. The van der Waals surface area contributed by atoms with Crippen LogP contribution in [0.15, 0.2) is 47.2 Å². The fourth-order valence-corrected chi connectivity index (χ4v) is 1.53. The third-order valence-electron chi connectivity index (χ3n) is 2.49. The highest BCUT2D eigenvalue weighted by molar-refractivity contribution is 5.77. The molecule has 5 heteroatoms. The highest BCUT2D eigenvalue weighted by Gasteiger charge is 2.24. The van der Waals surface area contributed by atoms with Crippen molar-refractivity contribution in [2.45, 2.75) is 12.5 Å². The average Bonchev–Trinajstić information content (AvgIpc) is 2.92. The number of nitrogens with two attached hydrogens (primary N) is 1. The van der Waals surface area contributed by atoms with E-state index in [-0.39, 0.29) is 19.0 Å². The van der Waals surface area contributed by atoms with Gasteiger partial charge in [-0.1, -0.05) is 30.3 Å². The molecule has 0 unspecified atom stereocenters. The van der Waals surface area contributed by atoms with Crippen molar-refractivity contribution in [3.63, 3.8) is 0 Å². The van der Waals surface area contributed by atoms with E-state index in [9.17, 15) is 4.79 Å². The molecule has 0 amide bonds. The second-order valence-corrected chi connectivity index (χ2v) is 3.75. The molecule has 5 nitrogen and oxygen atoms in total. The van der Waals surface area contributed by atoms with E-state index in [2.05, 4.69) is 4.98 Å². The van der Waals surface area contributed by atoms with Gasteiger partial charge in [0.15, 0.2) is 0 Å². The molecule has 2 rings (SSSR count). The Morgan fingerprint density at radius 3 is 2.78 bits per heavy atom. The van der Waals surface area contributed by atoms with Crippen molar-refractivity contribution < 1.29 is 13.9 Å². The molecule has 94 valence electrons. The molecule has 0 saturated heterocycles. The summed E-state index contributed by atoms with van der Waals surface area (Å²) in [5.74, 6) is -0.789. The van der Waals surface area contributed by atoms with E-state index < -0.39 is 11.9 Å². The maximum Gasteiger partial charge on any atom is 0.320 e. The molecule has 0 fully saturated rings. The molecule has 0 aliphatic heterocycles. The summed E-state index contributed by atoms with van der Waals surface area (Å²) in [4.78, 5) is 15.8. The van der Waals surface area contributed by atoms with Crippen molar-refractivity contribution in [1.82, 2.24) is 4.98 Å². The Balaban J connectivity index is 1.95. The first-order valence-corrected chi connectivity index (χ1v) is 5.61. The molecule has 2 N–H and O–H groups in total. The molecule has 0 bridgehead atoms. The zero-order chi connectivity index (χ0) is 12.8. The van der Waals surface area contributed by atoms with Crippen LogP contribution in [0.2, 0.25) is 0 Å². The highest BCUT2D eigenvalue weighted by atomic mass is 16.5. The summed E-state index contributed by atoms with van der Waals surface area (Å²) < 4.78 is 10.3. The number of oxazole rings is 1. The summed E-state index contributed by atoms with van der Waals surface area (Å²) in [5.41, 5.74) is 6.46. The monoisotopic (exact) mass is 246 g/mol. The van der Waals surface area contributed by atoms with Crippen LogP contribution in [-0.2, 0) is 16.1 Å². The van der Waals surface area contributed by atoms with Gasteiger partial charge in [0.05, 0.1) is 6.20 Å². The van der Waals surface area contributed by atoms with Gasteiger partial charge in [0.25, 0.3) is 0 Å². The lowest BCUT2D eigenvalue weighted by atomic mass is 10.1. The molecule has 1 atom stereocenters. The molecule has 1 aromatic carbocycles. The van der Waals surface area contributed by atoms with Crippen LogP contribution < -0.4 is 5.73 Å². The first-order valence-electron chi connectivity index (χ1n) is 5.61. The maximum absolute atomic E-state index is 11.8. The van der Waals surface area contributed by atoms with Crippen LogP contribution in [0.4, 0.5) is 0 Å². The van der Waals surface area contributed by atoms with Crippen molar-refractivity contribution >= 4 is 5.97 Å². The molecular weight excluding hydrogens is 232 g/mol. The lowest BCUT2D eigenvalue weighted by Crippen LogP contribution is -2.24. The third-order valence-corrected chi connectivity index (χ3v) is 2.49. The molecule has 2 aromatic rings. The number of benzene rings is 1. The number of hydrogen-bond acceptors (Lipinski definition) is 5. The quantitative estimate of drug-likeness (QED) is 0.808. The van der Waals surface area contributed by atoms with Crippen LogP contribution >= 0.6 is 0 Å². The van der Waals surface area contributed by atoms with Gasteiger partial charge in [-0.3, -0.25) is 4.79 Å². The zero-order valence-electron chi connectivity index (χ0n) is 9.78. The van der Waals surface area contributed by atoms with Gasteiger partial charge in [0.2, 0.25) is 5.89 Å². The summed E-state index contributed by atoms with van der Waals surface area (Å²) in [6, 6.07) is 9.45. The van der Waals surface area contributed by atoms with E-state index in [0.717, 1.165) is 5.56 Å². The van der Waals surface area contributed by atoms with Crippen LogP contribution in [0, 0.1) is 0 Å². The predicted molar refractivity (Wildman–Crippen MR) is 64.5 cm³/mol. The zero-order valence-corrected chi connectivity index (χ0v) is 9.78. The van der Waals surface area contributed by atoms with E-state index >= 15 is 0 Å². The smallest absolute Gasteiger partial charge is 0.320 e. The summed E-state index contributed by atoms with van der Waals surface area (Å²) in [5, 5.41) is 0. The number of carbonyl (C=O) groups excluding carboxylic acids is 1. The normalized spacial score (nSPS) is 12.1. The van der Waals surface area contributed by atoms with Crippen molar-refractivity contribution in [2.24, 2.45) is 5.73 Å². The van der Waals surface area contributed by atoms with E-state index in [1.54, 1.807) is 0 Å². The molecule has 0 aliphatic carbocycles. The van der Waals surface area contributed by atoms with Gasteiger partial charge in [-0.15, -0.1) is 0 Å². The third kappa shape index (κ3) is 2.95. The number of nitrogens with zero attached hydrogens (tertiary/aromatic N) is 1. The van der Waals surface area contributed by atoms with Crippen molar-refractivity contribution in [3.05, 3.63) is 54.2 Å². The van der Waals surface area contributed by atoms with E-state index in [1.165, 1.54) is 12.5 Å². The van der Waals surface area contributed by atoms with E-state index in [0.29, 0.717) is 0 Å². The lowest BCUT2D eigenvalue weighted by molar-refractivity contribution is -0.147. The van der Waals surface area contributed by atoms with Crippen LogP contribution in [-0.4, -0.2) is 17.5 Å². The minimum atomic E-state index is -0.649. The lowest BCUT2D eigenvalue weighted by Gasteiger charge is -2.10. The Kier molecular flexibility index (Phi) is 4.09. The van der Waals surface area contributed by atoms with Gasteiger partial charge < -0.3 is 14.9 Å². The second-order valence-electron chi connectivity index (χ2n) is 3.75. The second kappa shape index (κ2) is 5.97. The number of esters is 1. The highest BCUT2D eigenvalue weighted by Crippen LogP contribution is 2.15. The first-order chi connectivity index (χ1) is 8.81. The number of carbonyl (C=O) groups is 1. The van der Waals surface area contributed by atoms with Gasteiger partial charge in [-0.25, -0.2) is 4.98 Å². The maximum atomic E-state index is 11.8. The Hall–Kier alpha value is -2.14. The molecule has 18 heavy (non-hydrogen) atoms. The molecule has 1 heterocycles. The molecule has 0 spiro atoms. The van der Waals surface area contributed by atoms with Crippen molar-refractivity contribution in [3.8, 4) is 0 Å². The first kappa shape index (κ1) is 12.3. The van der Waals surface area contributed by atoms with Crippen LogP contribution in [0.3, 0.4) is 0 Å². The molecule has 1 aromatic heterocycles. The number of hydrogen-bond donors (Lipinski definition) is 1. The standard InChI is InChI=1S/C13H14N2O3/c14-8-11(12-15-6-7-17-12)13(16)18-9-10-4-2-1-3-5-10/h1-7,11H,8-9,14H2/t11-/m0/s1. The fourth-order valence-electron chi connectivity index (χ4n) is 1.53. The summed E-state index contributed by atoms with van der Waals surface area (Å²) in [6.07, 6.45) is 2.88. The topological polar surface area (TPSA) is 78.4 Å². The van der Waals surface area contributed by atoms with E-state index in [1.807, 2.05) is 30.3 Å². The predicted octanol–water partition coefficient (Wildman–Crippen LogP) is 1.46. The largest absolute Gasteiger partial charge is 0.460 e. The Morgan fingerprint density at radius 1 is 1.39 bits per heavy atom. The molecule has 0 aliphatic rings. The summed E-state index contributed by atoms with van der Waals surface area (Å²) in [7, 11) is 0. The van der Waals surface area contributed by atoms with E-state index in [4.69, 9.17) is 14.9 Å². The number of ether oxygens (including phenoxy) is 1. The van der Waals surface area contributed by atoms with Gasteiger partial charge in [0.1, 0.15) is 18.8 Å². The minimum absolute atomic E-state index is 0.105. The number of aromatic nitrogens is 1. The van der Waals surface area contributed by atoms with Crippen LogP contribution in [0.5, 0.6) is 0 Å². The van der Waals surface area contributed by atoms with Gasteiger partial charge in [-0.2, -0.15) is 0 Å². The molecular formula is C13H14N2O3. The van der Waals surface area contributed by atoms with Gasteiger partial charge in [-0.05, 0) is 5.56 Å². The van der Waals surface area contributed by atoms with Gasteiger partial charge in [0, 0.05) is 6.54 Å². The minimum Gasteiger partial charge on any atom is -0.460 e. The average molecular weight is 246 g/mol. The summed E-state index contributed by atoms with van der Waals surface area (Å²) in [6.45, 7) is 0.324. The number of rotatable bonds is 5.